The topological polar surface area (TPSA) is 45.6 Å². The van der Waals surface area contributed by atoms with Gasteiger partial charge in [-0.3, -0.25) is 0 Å². The van der Waals surface area contributed by atoms with E-state index in [0.29, 0.717) is 28.7 Å². The van der Waals surface area contributed by atoms with Gasteiger partial charge >= 0.3 is 0 Å². The first-order valence-electron chi connectivity index (χ1n) is 10.6. The van der Waals surface area contributed by atoms with E-state index in [-0.39, 0.29) is 0 Å². The molecule has 0 saturated carbocycles. The number of halogens is 2. The molecular weight excluding hydrogens is 459 g/mol. The van der Waals surface area contributed by atoms with E-state index in [4.69, 9.17) is 21.3 Å². The molecule has 0 bridgehead atoms. The third kappa shape index (κ3) is 4.89. The van der Waals surface area contributed by atoms with E-state index in [1.54, 1.807) is 19.2 Å². The number of aliphatic hydroxyl groups is 1. The molecule has 33 heavy (non-hydrogen) atoms. The molecule has 0 saturated heterocycles. The second-order valence-corrected chi connectivity index (χ2v) is 10.0. The molecular formula is C26H26ClFN2O2S. The average molecular weight is 485 g/mol. The summed E-state index contributed by atoms with van der Waals surface area (Å²) in [4.78, 5) is 7.46. The van der Waals surface area contributed by atoms with Gasteiger partial charge in [-0.1, -0.05) is 54.1 Å². The fourth-order valence-corrected chi connectivity index (χ4v) is 5.35. The third-order valence-corrected chi connectivity index (χ3v) is 7.02. The highest BCUT2D eigenvalue weighted by Gasteiger charge is 2.42. The van der Waals surface area contributed by atoms with E-state index < -0.39 is 17.3 Å². The molecule has 4 nitrogen and oxygen atoms in total. The molecule has 2 atom stereocenters. The molecule has 7 heteroatoms. The Morgan fingerprint density at radius 3 is 2.55 bits per heavy atom. The van der Waals surface area contributed by atoms with Crippen LogP contribution in [0.4, 0.5) is 4.39 Å². The van der Waals surface area contributed by atoms with Gasteiger partial charge in [-0.25, -0.2) is 9.37 Å². The number of hydrogen-bond donors (Lipinski definition) is 1. The second-order valence-electron chi connectivity index (χ2n) is 8.36. The lowest BCUT2D eigenvalue weighted by atomic mass is 9.71. The molecule has 0 spiro atoms. The maximum absolute atomic E-state index is 14.3. The minimum atomic E-state index is -1.43. The molecule has 1 N–H and O–H groups in total. The molecule has 0 aliphatic rings. The summed E-state index contributed by atoms with van der Waals surface area (Å²) in [6.45, 7) is 0.596. The minimum Gasteiger partial charge on any atom is -0.481 e. The van der Waals surface area contributed by atoms with Crippen LogP contribution in [0.1, 0.15) is 29.0 Å². The maximum Gasteiger partial charge on any atom is 0.218 e. The van der Waals surface area contributed by atoms with Crippen molar-refractivity contribution in [1.82, 2.24) is 9.88 Å². The molecule has 0 amide bonds. The van der Waals surface area contributed by atoms with Crippen LogP contribution in [0.25, 0.3) is 10.2 Å². The van der Waals surface area contributed by atoms with Gasteiger partial charge in [0.25, 0.3) is 0 Å². The summed E-state index contributed by atoms with van der Waals surface area (Å²) in [6, 6.07) is 19.8. The van der Waals surface area contributed by atoms with Crippen molar-refractivity contribution < 1.29 is 14.2 Å². The smallest absolute Gasteiger partial charge is 0.218 e. The molecule has 4 rings (SSSR count). The predicted molar refractivity (Wildman–Crippen MR) is 133 cm³/mol. The number of ether oxygens (including phenoxy) is 1. The Kier molecular flexibility index (Phi) is 7.00. The first-order chi connectivity index (χ1) is 15.8. The first-order valence-corrected chi connectivity index (χ1v) is 11.8. The van der Waals surface area contributed by atoms with Crippen LogP contribution in [0.3, 0.4) is 0 Å². The second kappa shape index (κ2) is 9.77. The summed E-state index contributed by atoms with van der Waals surface area (Å²) in [7, 11) is 5.46. The molecule has 4 aromatic rings. The number of thiophene rings is 1. The molecule has 0 aliphatic heterocycles. The largest absolute Gasteiger partial charge is 0.481 e. The lowest BCUT2D eigenvalue weighted by Gasteiger charge is -2.38. The summed E-state index contributed by atoms with van der Waals surface area (Å²) < 4.78 is 20.7. The minimum absolute atomic E-state index is 0.370. The van der Waals surface area contributed by atoms with Gasteiger partial charge in [0, 0.05) is 23.4 Å². The zero-order valence-electron chi connectivity index (χ0n) is 18.8. The van der Waals surface area contributed by atoms with Gasteiger partial charge in [0.1, 0.15) is 16.2 Å². The fraction of sp³-hybridized carbons (Fsp3) is 0.269. The van der Waals surface area contributed by atoms with Gasteiger partial charge in [0.2, 0.25) is 5.88 Å². The van der Waals surface area contributed by atoms with Crippen molar-refractivity contribution in [2.24, 2.45) is 0 Å². The number of hydrogen-bond acceptors (Lipinski definition) is 5. The SMILES string of the molecule is COc1nc2sc(Cl)cc2cc1C(c1ccccc1)C(O)(CCN(C)C)c1cccc(F)c1. The van der Waals surface area contributed by atoms with Crippen LogP contribution >= 0.6 is 22.9 Å². The van der Waals surface area contributed by atoms with Crippen molar-refractivity contribution in [3.05, 3.63) is 93.6 Å². The Morgan fingerprint density at radius 2 is 1.88 bits per heavy atom. The average Bonchev–Trinajstić information content (AvgIpc) is 3.17. The van der Waals surface area contributed by atoms with Crippen LogP contribution in [0, 0.1) is 5.82 Å². The lowest BCUT2D eigenvalue weighted by Crippen LogP contribution is -2.38. The van der Waals surface area contributed by atoms with Gasteiger partial charge in [-0.15, -0.1) is 11.3 Å². The molecule has 2 unspecified atom stereocenters. The Bertz CT molecular complexity index is 1250. The fourth-order valence-electron chi connectivity index (χ4n) is 4.28. The summed E-state index contributed by atoms with van der Waals surface area (Å²) in [5, 5.41) is 13.3. The molecule has 2 aromatic heterocycles. The zero-order chi connectivity index (χ0) is 23.6. The Hall–Kier alpha value is -2.51. The van der Waals surface area contributed by atoms with Crippen LogP contribution < -0.4 is 4.74 Å². The van der Waals surface area contributed by atoms with Crippen molar-refractivity contribution >= 4 is 33.2 Å². The van der Waals surface area contributed by atoms with Crippen LogP contribution in [-0.2, 0) is 5.60 Å². The lowest BCUT2D eigenvalue weighted by molar-refractivity contribution is 0.00354. The van der Waals surface area contributed by atoms with Crippen molar-refractivity contribution in [1.29, 1.82) is 0 Å². The van der Waals surface area contributed by atoms with Gasteiger partial charge in [-0.05, 0) is 55.9 Å². The number of rotatable bonds is 8. The van der Waals surface area contributed by atoms with Gasteiger partial charge in [-0.2, -0.15) is 0 Å². The first kappa shape index (κ1) is 23.6. The number of aromatic nitrogens is 1. The molecule has 0 radical (unpaired) electrons. The molecule has 2 aromatic carbocycles. The normalized spacial score (nSPS) is 14.4. The third-order valence-electron chi connectivity index (χ3n) is 5.85. The molecule has 0 fully saturated rings. The predicted octanol–water partition coefficient (Wildman–Crippen LogP) is 6.07. The number of benzene rings is 2. The monoisotopic (exact) mass is 484 g/mol. The molecule has 0 aliphatic carbocycles. The van der Waals surface area contributed by atoms with E-state index in [9.17, 15) is 9.50 Å². The maximum atomic E-state index is 14.3. The van der Waals surface area contributed by atoms with Crippen LogP contribution in [-0.4, -0.2) is 42.7 Å². The van der Waals surface area contributed by atoms with E-state index in [2.05, 4.69) is 0 Å². The van der Waals surface area contributed by atoms with Crippen LogP contribution in [0.15, 0.2) is 66.7 Å². The highest BCUT2D eigenvalue weighted by Crippen LogP contribution is 2.48. The number of nitrogens with zero attached hydrogens (tertiary/aromatic N) is 2. The number of fused-ring (bicyclic) bond motifs is 1. The Labute approximate surface area is 202 Å². The van der Waals surface area contributed by atoms with Gasteiger partial charge < -0.3 is 14.7 Å². The number of methoxy groups -OCH3 is 1. The summed E-state index contributed by atoms with van der Waals surface area (Å²) in [6.07, 6.45) is 0.370. The van der Waals surface area contributed by atoms with Gasteiger partial charge in [0.15, 0.2) is 0 Å². The standard InChI is InChI=1S/C26H26ClFN2O2S/c1-30(2)13-12-26(31,19-10-7-11-20(28)16-19)23(17-8-5-4-6-9-17)21-14-18-15-22(27)33-25(18)29-24(21)32-3/h4-11,14-16,23,31H,12-13H2,1-3H3. The highest BCUT2D eigenvalue weighted by atomic mass is 35.5. The molecule has 172 valence electrons. The van der Waals surface area contributed by atoms with E-state index in [1.165, 1.54) is 23.5 Å². The number of pyridine rings is 1. The van der Waals surface area contributed by atoms with Crippen LogP contribution in [0.2, 0.25) is 4.34 Å². The van der Waals surface area contributed by atoms with Crippen molar-refractivity contribution in [3.8, 4) is 5.88 Å². The summed E-state index contributed by atoms with van der Waals surface area (Å²) in [5.74, 6) is -0.548. The zero-order valence-corrected chi connectivity index (χ0v) is 20.3. The van der Waals surface area contributed by atoms with E-state index >= 15 is 0 Å². The Morgan fingerprint density at radius 1 is 1.12 bits per heavy atom. The van der Waals surface area contributed by atoms with Gasteiger partial charge in [0.05, 0.1) is 11.4 Å². The Balaban J connectivity index is 2.00. The van der Waals surface area contributed by atoms with Crippen molar-refractivity contribution in [2.75, 3.05) is 27.7 Å². The summed E-state index contributed by atoms with van der Waals surface area (Å²) in [5.41, 5.74) is 0.666. The van der Waals surface area contributed by atoms with Crippen molar-refractivity contribution in [3.63, 3.8) is 0 Å². The molecule has 2 heterocycles. The van der Waals surface area contributed by atoms with E-state index in [0.717, 1.165) is 21.3 Å². The van der Waals surface area contributed by atoms with E-state index in [1.807, 2.05) is 61.5 Å². The quantitative estimate of drug-likeness (QED) is 0.330. The van der Waals surface area contributed by atoms with Crippen molar-refractivity contribution in [2.45, 2.75) is 17.9 Å². The van der Waals surface area contributed by atoms with Crippen LogP contribution in [0.5, 0.6) is 5.88 Å². The highest BCUT2D eigenvalue weighted by molar-refractivity contribution is 7.22. The summed E-state index contributed by atoms with van der Waals surface area (Å²) >= 11 is 7.63.